The Hall–Kier alpha value is -2.53. The number of amides is 1. The van der Waals surface area contributed by atoms with Crippen molar-refractivity contribution in [2.24, 2.45) is 18.9 Å². The molecule has 0 spiro atoms. The second kappa shape index (κ2) is 11.6. The van der Waals surface area contributed by atoms with Gasteiger partial charge in [-0.15, -0.1) is 0 Å². The minimum absolute atomic E-state index is 0.109. The fourth-order valence-corrected chi connectivity index (χ4v) is 3.88. The van der Waals surface area contributed by atoms with E-state index >= 15 is 0 Å². The molecule has 0 aliphatic rings. The van der Waals surface area contributed by atoms with E-state index in [2.05, 4.69) is 33.0 Å². The maximum Gasteiger partial charge on any atom is 0.253 e. The number of fused-ring (bicyclic) bond motifs is 1. The number of rotatable bonds is 11. The lowest BCUT2D eigenvalue weighted by Crippen LogP contribution is -2.34. The van der Waals surface area contributed by atoms with Crippen LogP contribution in [0.5, 0.6) is 0 Å². The van der Waals surface area contributed by atoms with Crippen LogP contribution in [0.15, 0.2) is 42.5 Å². The molecule has 0 aliphatic carbocycles. The van der Waals surface area contributed by atoms with E-state index in [4.69, 9.17) is 16.6 Å². The molecule has 0 radical (unpaired) electrons. The molecule has 1 aromatic heterocycles. The highest BCUT2D eigenvalue weighted by atomic mass is 35.5. The van der Waals surface area contributed by atoms with Crippen molar-refractivity contribution < 1.29 is 4.79 Å². The summed E-state index contributed by atoms with van der Waals surface area (Å²) in [6, 6.07) is 13.6. The smallest absolute Gasteiger partial charge is 0.253 e. The highest BCUT2D eigenvalue weighted by Gasteiger charge is 2.19. The first kappa shape index (κ1) is 25.1. The first-order valence-corrected chi connectivity index (χ1v) is 12.4. The number of benzene rings is 2. The number of carbonyl (C=O) groups excluding carboxylic acids is 1. The lowest BCUT2D eigenvalue weighted by atomic mass is 10.0. The van der Waals surface area contributed by atoms with Gasteiger partial charge in [0, 0.05) is 37.3 Å². The highest BCUT2D eigenvalue weighted by molar-refractivity contribution is 6.30. The van der Waals surface area contributed by atoms with Crippen molar-refractivity contribution in [3.63, 3.8) is 0 Å². The van der Waals surface area contributed by atoms with Crippen molar-refractivity contribution in [1.82, 2.24) is 14.5 Å². The zero-order valence-electron chi connectivity index (χ0n) is 20.6. The standard InChI is InChI=1S/C27H37ClN4O/c1-6-20(4)14-16-32(15-13-19(2)3)26(33)22-9-12-24-25(17-22)31(5)27(30-24)29-18-21-7-10-23(28)11-8-21/h7-12,17,19-20H,6,13-16,18H2,1-5H3,(H,29,30). The van der Waals surface area contributed by atoms with Crippen LogP contribution < -0.4 is 5.32 Å². The maximum absolute atomic E-state index is 13.4. The van der Waals surface area contributed by atoms with Crippen LogP contribution in [0.25, 0.3) is 11.0 Å². The second-order valence-corrected chi connectivity index (χ2v) is 9.89. The number of nitrogens with one attached hydrogen (secondary N) is 1. The van der Waals surface area contributed by atoms with Crippen molar-refractivity contribution in [3.8, 4) is 0 Å². The van der Waals surface area contributed by atoms with E-state index in [1.165, 1.54) is 0 Å². The maximum atomic E-state index is 13.4. The van der Waals surface area contributed by atoms with Crippen LogP contribution in [-0.2, 0) is 13.6 Å². The number of hydrogen-bond acceptors (Lipinski definition) is 3. The summed E-state index contributed by atoms with van der Waals surface area (Å²) >= 11 is 5.98. The zero-order valence-corrected chi connectivity index (χ0v) is 21.3. The van der Waals surface area contributed by atoms with Crippen molar-refractivity contribution in [2.45, 2.75) is 53.5 Å². The molecule has 0 saturated carbocycles. The molecule has 0 saturated heterocycles. The number of halogens is 1. The van der Waals surface area contributed by atoms with Gasteiger partial charge in [-0.05, 0) is 60.6 Å². The normalized spacial score (nSPS) is 12.3. The summed E-state index contributed by atoms with van der Waals surface area (Å²) in [5, 5.41) is 4.12. The van der Waals surface area contributed by atoms with Gasteiger partial charge in [0.15, 0.2) is 0 Å². The Balaban J connectivity index is 1.77. The Morgan fingerprint density at radius 1 is 1.09 bits per heavy atom. The molecule has 2 aromatic carbocycles. The predicted molar refractivity (Wildman–Crippen MR) is 139 cm³/mol. The Kier molecular flexibility index (Phi) is 8.79. The fourth-order valence-electron chi connectivity index (χ4n) is 3.76. The Bertz CT molecular complexity index is 1060. The van der Waals surface area contributed by atoms with E-state index in [-0.39, 0.29) is 5.91 Å². The van der Waals surface area contributed by atoms with Crippen LogP contribution in [0.2, 0.25) is 5.02 Å². The molecule has 5 nitrogen and oxygen atoms in total. The number of aromatic nitrogens is 2. The Morgan fingerprint density at radius 3 is 2.45 bits per heavy atom. The number of nitrogens with zero attached hydrogens (tertiary/aromatic N) is 3. The van der Waals surface area contributed by atoms with Gasteiger partial charge in [0.2, 0.25) is 5.95 Å². The van der Waals surface area contributed by atoms with Crippen LogP contribution in [0, 0.1) is 11.8 Å². The van der Waals surface area contributed by atoms with Gasteiger partial charge < -0.3 is 14.8 Å². The lowest BCUT2D eigenvalue weighted by Gasteiger charge is -2.25. The van der Waals surface area contributed by atoms with Gasteiger partial charge in [-0.2, -0.15) is 0 Å². The topological polar surface area (TPSA) is 50.2 Å². The van der Waals surface area contributed by atoms with Gasteiger partial charge in [-0.25, -0.2) is 4.98 Å². The zero-order chi connectivity index (χ0) is 24.0. The van der Waals surface area contributed by atoms with Crippen LogP contribution >= 0.6 is 11.6 Å². The van der Waals surface area contributed by atoms with Gasteiger partial charge in [-0.3, -0.25) is 4.79 Å². The van der Waals surface area contributed by atoms with Crippen LogP contribution in [0.1, 0.15) is 62.9 Å². The van der Waals surface area contributed by atoms with Gasteiger partial charge in [-0.1, -0.05) is 57.8 Å². The van der Waals surface area contributed by atoms with E-state index in [1.807, 2.05) is 59.0 Å². The van der Waals surface area contributed by atoms with Crippen molar-refractivity contribution >= 4 is 34.5 Å². The summed E-state index contributed by atoms with van der Waals surface area (Å²) in [5.74, 6) is 2.07. The largest absolute Gasteiger partial charge is 0.352 e. The number of hydrogen-bond donors (Lipinski definition) is 1. The first-order chi connectivity index (χ1) is 15.8. The third kappa shape index (κ3) is 6.73. The van der Waals surface area contributed by atoms with Crippen molar-refractivity contribution in [2.75, 3.05) is 18.4 Å². The van der Waals surface area contributed by atoms with Crippen LogP contribution in [0.3, 0.4) is 0 Å². The van der Waals surface area contributed by atoms with Gasteiger partial charge in [0.1, 0.15) is 0 Å². The molecule has 1 heterocycles. The summed E-state index contributed by atoms with van der Waals surface area (Å²) in [4.78, 5) is 20.2. The molecule has 1 N–H and O–H groups in total. The Labute approximate surface area is 203 Å². The molecule has 0 aliphatic heterocycles. The van der Waals surface area contributed by atoms with E-state index < -0.39 is 0 Å². The summed E-state index contributed by atoms with van der Waals surface area (Å²) < 4.78 is 2.01. The average Bonchev–Trinajstić information content (AvgIpc) is 3.12. The molecule has 1 unspecified atom stereocenters. The van der Waals surface area contributed by atoms with E-state index in [1.54, 1.807) is 0 Å². The fraction of sp³-hybridized carbons (Fsp3) is 0.481. The van der Waals surface area contributed by atoms with E-state index in [9.17, 15) is 4.79 Å². The van der Waals surface area contributed by atoms with Crippen LogP contribution in [0.4, 0.5) is 5.95 Å². The third-order valence-corrected chi connectivity index (χ3v) is 6.60. The Morgan fingerprint density at radius 2 is 1.79 bits per heavy atom. The number of carbonyl (C=O) groups is 1. The van der Waals surface area contributed by atoms with E-state index in [0.29, 0.717) is 18.4 Å². The molecule has 0 fully saturated rings. The van der Waals surface area contributed by atoms with Crippen molar-refractivity contribution in [3.05, 3.63) is 58.6 Å². The van der Waals surface area contributed by atoms with Crippen molar-refractivity contribution in [1.29, 1.82) is 0 Å². The minimum atomic E-state index is 0.109. The summed E-state index contributed by atoms with van der Waals surface area (Å²) in [6.45, 7) is 11.1. The summed E-state index contributed by atoms with van der Waals surface area (Å²) in [7, 11) is 1.98. The molecular weight excluding hydrogens is 432 g/mol. The highest BCUT2D eigenvalue weighted by Crippen LogP contribution is 2.22. The molecule has 178 valence electrons. The molecule has 6 heteroatoms. The average molecular weight is 469 g/mol. The van der Waals surface area contributed by atoms with Gasteiger partial charge in [0.25, 0.3) is 5.91 Å². The molecule has 3 aromatic rings. The lowest BCUT2D eigenvalue weighted by molar-refractivity contribution is 0.0739. The monoisotopic (exact) mass is 468 g/mol. The summed E-state index contributed by atoms with van der Waals surface area (Å²) in [5.41, 5.74) is 3.68. The summed E-state index contributed by atoms with van der Waals surface area (Å²) in [6.07, 6.45) is 3.19. The molecule has 3 rings (SSSR count). The van der Waals surface area contributed by atoms with Gasteiger partial charge in [0.05, 0.1) is 11.0 Å². The van der Waals surface area contributed by atoms with Gasteiger partial charge >= 0.3 is 0 Å². The van der Waals surface area contributed by atoms with E-state index in [0.717, 1.165) is 65.5 Å². The molecule has 0 bridgehead atoms. The number of anilines is 1. The first-order valence-electron chi connectivity index (χ1n) is 12.0. The number of imidazole rings is 1. The quantitative estimate of drug-likeness (QED) is 0.338. The minimum Gasteiger partial charge on any atom is -0.352 e. The number of aryl methyl sites for hydroxylation is 1. The SMILES string of the molecule is CCC(C)CCN(CCC(C)C)C(=O)c1ccc2nc(NCc3ccc(Cl)cc3)n(C)c2c1. The molecular formula is C27H37ClN4O. The van der Waals surface area contributed by atoms with Crippen LogP contribution in [-0.4, -0.2) is 33.4 Å². The molecule has 33 heavy (non-hydrogen) atoms. The predicted octanol–water partition coefficient (Wildman–Crippen LogP) is 6.76. The second-order valence-electron chi connectivity index (χ2n) is 9.45. The molecule has 1 amide bonds. The third-order valence-electron chi connectivity index (χ3n) is 6.34. The molecule has 1 atom stereocenters.